The quantitative estimate of drug-likeness (QED) is 0.189. The third-order valence-electron chi connectivity index (χ3n) is 4.38. The number of carboxylic acids is 1. The molecule has 0 aromatic rings. The normalized spacial score (nSPS) is 14.6. The molecular weight excluding hydrogens is 352 g/mol. The monoisotopic (exact) mass is 390 g/mol. The van der Waals surface area contributed by atoms with Crippen LogP contribution in [0.2, 0.25) is 0 Å². The van der Waals surface area contributed by atoms with Crippen LogP contribution in [0.15, 0.2) is 0 Å². The SMILES string of the molecule is O=C(O)C(O)C(O)C(O)CCCCCCCCCCCCCCO.[CaH2]. The zero-order valence-corrected chi connectivity index (χ0v) is 14.8. The van der Waals surface area contributed by atoms with Crippen LogP contribution in [0, 0.1) is 0 Å². The summed E-state index contributed by atoms with van der Waals surface area (Å²) in [6.07, 6.45) is 8.93. The van der Waals surface area contributed by atoms with Gasteiger partial charge in [-0.1, -0.05) is 70.6 Å². The van der Waals surface area contributed by atoms with Crippen molar-refractivity contribution in [2.45, 2.75) is 102 Å². The van der Waals surface area contributed by atoms with E-state index >= 15 is 0 Å². The summed E-state index contributed by atoms with van der Waals surface area (Å²) < 4.78 is 0. The summed E-state index contributed by atoms with van der Waals surface area (Å²) in [4.78, 5) is 10.5. The van der Waals surface area contributed by atoms with E-state index in [9.17, 15) is 15.0 Å². The number of carboxylic acid groups (broad SMARTS) is 1. The van der Waals surface area contributed by atoms with Crippen LogP contribution in [0.4, 0.5) is 0 Å². The number of hydrogen-bond donors (Lipinski definition) is 5. The summed E-state index contributed by atoms with van der Waals surface area (Å²) >= 11 is 0. The van der Waals surface area contributed by atoms with Gasteiger partial charge in [0.25, 0.3) is 0 Å². The molecule has 0 aliphatic heterocycles. The summed E-state index contributed by atoms with van der Waals surface area (Å²) in [6, 6.07) is 0. The van der Waals surface area contributed by atoms with E-state index in [1.165, 1.54) is 38.5 Å². The van der Waals surface area contributed by atoms with Gasteiger partial charge in [-0.25, -0.2) is 4.79 Å². The second-order valence-electron chi connectivity index (χ2n) is 6.60. The first-order valence-corrected chi connectivity index (χ1v) is 9.38. The summed E-state index contributed by atoms with van der Waals surface area (Å²) in [5, 5.41) is 45.5. The zero-order valence-electron chi connectivity index (χ0n) is 14.8. The molecule has 3 atom stereocenters. The standard InChI is InChI=1S/C18H36O6.Ca.2H/c19-14-12-10-8-6-4-2-1-3-5-7-9-11-13-15(20)16(21)17(22)18(23)24;;;/h15-17,19-22H,1-14H2,(H,23,24);;;. The molecule has 0 bridgehead atoms. The van der Waals surface area contributed by atoms with E-state index in [0.29, 0.717) is 13.0 Å². The predicted octanol–water partition coefficient (Wildman–Crippen LogP) is 1.30. The van der Waals surface area contributed by atoms with Crippen LogP contribution < -0.4 is 0 Å². The molecule has 148 valence electrons. The fourth-order valence-corrected chi connectivity index (χ4v) is 2.76. The van der Waals surface area contributed by atoms with Gasteiger partial charge in [0, 0.05) is 6.61 Å². The molecule has 0 heterocycles. The second kappa shape index (κ2) is 19.3. The summed E-state index contributed by atoms with van der Waals surface area (Å²) in [5.74, 6) is -1.52. The van der Waals surface area contributed by atoms with E-state index in [0.717, 1.165) is 38.5 Å². The number of carbonyl (C=O) groups is 1. The summed E-state index contributed by atoms with van der Waals surface area (Å²) in [7, 11) is 0. The molecule has 3 unspecified atom stereocenters. The van der Waals surface area contributed by atoms with Crippen LogP contribution in [-0.4, -0.2) is 94.2 Å². The number of hydrogen-bond acceptors (Lipinski definition) is 5. The van der Waals surface area contributed by atoms with Gasteiger partial charge in [0.1, 0.15) is 6.10 Å². The Balaban J connectivity index is 0. The predicted molar refractivity (Wildman–Crippen MR) is 101 cm³/mol. The van der Waals surface area contributed by atoms with E-state index in [2.05, 4.69) is 0 Å². The Morgan fingerprint density at radius 1 is 0.680 bits per heavy atom. The van der Waals surface area contributed by atoms with Crippen LogP contribution in [0.1, 0.15) is 83.5 Å². The van der Waals surface area contributed by atoms with Gasteiger partial charge in [-0.05, 0) is 12.8 Å². The van der Waals surface area contributed by atoms with Crippen molar-refractivity contribution >= 4 is 43.7 Å². The molecule has 0 aromatic carbocycles. The summed E-state index contributed by atoms with van der Waals surface area (Å²) in [6.45, 7) is 0.302. The Labute approximate surface area is 181 Å². The van der Waals surface area contributed by atoms with E-state index in [-0.39, 0.29) is 37.7 Å². The molecule has 0 aromatic heterocycles. The Bertz CT molecular complexity index is 303. The van der Waals surface area contributed by atoms with Crippen molar-refractivity contribution in [3.8, 4) is 0 Å². The molecule has 0 spiro atoms. The Morgan fingerprint density at radius 3 is 1.40 bits per heavy atom. The molecular formula is C18H38CaO6. The van der Waals surface area contributed by atoms with Gasteiger partial charge in [-0.3, -0.25) is 0 Å². The first-order chi connectivity index (χ1) is 11.5. The minimum absolute atomic E-state index is 0. The third-order valence-corrected chi connectivity index (χ3v) is 4.38. The molecule has 25 heavy (non-hydrogen) atoms. The van der Waals surface area contributed by atoms with Gasteiger partial charge in [-0.15, -0.1) is 0 Å². The second-order valence-corrected chi connectivity index (χ2v) is 6.60. The maximum absolute atomic E-state index is 10.5. The molecule has 0 saturated carbocycles. The van der Waals surface area contributed by atoms with Gasteiger partial charge in [0.15, 0.2) is 6.10 Å². The van der Waals surface area contributed by atoms with Crippen LogP contribution in [-0.2, 0) is 4.79 Å². The molecule has 0 fully saturated rings. The number of aliphatic carboxylic acids is 1. The van der Waals surface area contributed by atoms with Crippen molar-refractivity contribution < 1.29 is 30.3 Å². The number of unbranched alkanes of at least 4 members (excludes halogenated alkanes) is 11. The Morgan fingerprint density at radius 2 is 1.04 bits per heavy atom. The number of rotatable bonds is 17. The molecule has 5 N–H and O–H groups in total. The van der Waals surface area contributed by atoms with Gasteiger partial charge >= 0.3 is 43.7 Å². The molecule has 0 aliphatic rings. The zero-order chi connectivity index (χ0) is 18.2. The van der Waals surface area contributed by atoms with Crippen molar-refractivity contribution in [2.24, 2.45) is 0 Å². The molecule has 6 nitrogen and oxygen atoms in total. The minimum atomic E-state index is -1.93. The average molecular weight is 391 g/mol. The Hall–Kier alpha value is 0.570. The molecule has 0 saturated heterocycles. The Kier molecular flexibility index (Phi) is 21.5. The fraction of sp³-hybridized carbons (Fsp3) is 0.944. The van der Waals surface area contributed by atoms with Crippen LogP contribution in [0.5, 0.6) is 0 Å². The van der Waals surface area contributed by atoms with Crippen LogP contribution in [0.3, 0.4) is 0 Å². The van der Waals surface area contributed by atoms with Crippen LogP contribution >= 0.6 is 0 Å². The fourth-order valence-electron chi connectivity index (χ4n) is 2.76. The molecule has 0 rings (SSSR count). The van der Waals surface area contributed by atoms with E-state index in [4.69, 9.17) is 15.3 Å². The first-order valence-electron chi connectivity index (χ1n) is 9.38. The summed E-state index contributed by atoms with van der Waals surface area (Å²) in [5.41, 5.74) is 0. The van der Waals surface area contributed by atoms with Crippen molar-refractivity contribution in [3.63, 3.8) is 0 Å². The van der Waals surface area contributed by atoms with Crippen molar-refractivity contribution in [2.75, 3.05) is 6.61 Å². The first kappa shape index (κ1) is 27.8. The van der Waals surface area contributed by atoms with Crippen molar-refractivity contribution in [3.05, 3.63) is 0 Å². The van der Waals surface area contributed by atoms with Gasteiger partial charge in [-0.2, -0.15) is 0 Å². The average Bonchev–Trinajstić information content (AvgIpc) is 2.57. The van der Waals surface area contributed by atoms with E-state index < -0.39 is 24.3 Å². The van der Waals surface area contributed by atoms with Crippen LogP contribution in [0.25, 0.3) is 0 Å². The molecule has 0 amide bonds. The van der Waals surface area contributed by atoms with E-state index in [1.54, 1.807) is 0 Å². The van der Waals surface area contributed by atoms with Crippen molar-refractivity contribution in [1.82, 2.24) is 0 Å². The topological polar surface area (TPSA) is 118 Å². The number of aliphatic hydroxyl groups is 4. The molecule has 0 aliphatic carbocycles. The maximum atomic E-state index is 10.5. The van der Waals surface area contributed by atoms with E-state index in [1.807, 2.05) is 0 Å². The van der Waals surface area contributed by atoms with Gasteiger partial charge in [0.05, 0.1) is 6.10 Å². The van der Waals surface area contributed by atoms with Gasteiger partial charge < -0.3 is 25.5 Å². The van der Waals surface area contributed by atoms with Crippen molar-refractivity contribution in [1.29, 1.82) is 0 Å². The number of aliphatic hydroxyl groups excluding tert-OH is 4. The molecule has 0 radical (unpaired) electrons. The van der Waals surface area contributed by atoms with Gasteiger partial charge in [0.2, 0.25) is 0 Å². The third kappa shape index (κ3) is 16.5. The molecule has 7 heteroatoms.